The topological polar surface area (TPSA) is 77.1 Å². The summed E-state index contributed by atoms with van der Waals surface area (Å²) in [5.41, 5.74) is 0. The maximum atomic E-state index is 11.6. The van der Waals surface area contributed by atoms with Gasteiger partial charge in [0.05, 0.1) is 25.6 Å². The molecule has 76 valence electrons. The van der Waals surface area contributed by atoms with Crippen LogP contribution < -0.4 is 0 Å². The van der Waals surface area contributed by atoms with E-state index in [-0.39, 0.29) is 24.9 Å². The molecular formula is C8H11N3O3. The molecule has 0 aromatic carbocycles. The first-order chi connectivity index (χ1) is 6.86. The molecule has 2 rings (SSSR count). The van der Waals surface area contributed by atoms with Crippen LogP contribution in [0.3, 0.4) is 0 Å². The average Bonchev–Trinajstić information content (AvgIpc) is 2.72. The van der Waals surface area contributed by atoms with Gasteiger partial charge in [-0.1, -0.05) is 0 Å². The number of ketones is 1. The molecule has 0 radical (unpaired) electrons. The van der Waals surface area contributed by atoms with Gasteiger partial charge in [0, 0.05) is 0 Å². The maximum absolute atomic E-state index is 11.6. The quantitative estimate of drug-likeness (QED) is 0.709. The van der Waals surface area contributed by atoms with E-state index in [9.17, 15) is 4.79 Å². The first-order valence-corrected chi connectivity index (χ1v) is 4.38. The van der Waals surface area contributed by atoms with Crippen LogP contribution in [-0.4, -0.2) is 41.0 Å². The first-order valence-electron chi connectivity index (χ1n) is 4.38. The van der Waals surface area contributed by atoms with E-state index in [1.807, 2.05) is 0 Å². The van der Waals surface area contributed by atoms with Gasteiger partial charge in [0.1, 0.15) is 24.7 Å². The lowest BCUT2D eigenvalue weighted by molar-refractivity contribution is -0.149. The van der Waals surface area contributed by atoms with Crippen LogP contribution in [0.25, 0.3) is 0 Å². The van der Waals surface area contributed by atoms with Crippen molar-refractivity contribution in [3.63, 3.8) is 0 Å². The number of aromatic amines is 1. The number of H-pyrrole nitrogens is 1. The van der Waals surface area contributed by atoms with Crippen LogP contribution in [-0.2, 0) is 20.7 Å². The van der Waals surface area contributed by atoms with Crippen LogP contribution in [0, 0.1) is 5.92 Å². The van der Waals surface area contributed by atoms with Gasteiger partial charge in [0.25, 0.3) is 0 Å². The van der Waals surface area contributed by atoms with Crippen LogP contribution in [0.1, 0.15) is 5.82 Å². The molecule has 0 saturated carbocycles. The Labute approximate surface area is 80.6 Å². The lowest BCUT2D eigenvalue weighted by atomic mass is 10.0. The summed E-state index contributed by atoms with van der Waals surface area (Å²) in [6.07, 6.45) is 1.65. The van der Waals surface area contributed by atoms with Crippen LogP contribution in [0.2, 0.25) is 0 Å². The molecule has 1 N–H and O–H groups in total. The third-order valence-corrected chi connectivity index (χ3v) is 2.07. The zero-order valence-electron chi connectivity index (χ0n) is 7.60. The zero-order valence-corrected chi connectivity index (χ0v) is 7.60. The van der Waals surface area contributed by atoms with Gasteiger partial charge < -0.3 is 9.47 Å². The highest BCUT2D eigenvalue weighted by molar-refractivity contribution is 5.82. The van der Waals surface area contributed by atoms with Gasteiger partial charge in [-0.3, -0.25) is 9.89 Å². The monoisotopic (exact) mass is 197 g/mol. The van der Waals surface area contributed by atoms with E-state index in [0.29, 0.717) is 19.0 Å². The van der Waals surface area contributed by atoms with Crippen molar-refractivity contribution in [3.05, 3.63) is 12.2 Å². The minimum absolute atomic E-state index is 0.0708. The molecule has 1 aliphatic rings. The Morgan fingerprint density at radius 3 is 3.00 bits per heavy atom. The summed E-state index contributed by atoms with van der Waals surface area (Å²) in [6, 6.07) is 0. The fraction of sp³-hybridized carbons (Fsp3) is 0.625. The minimum Gasteiger partial charge on any atom is -0.355 e. The smallest absolute Gasteiger partial charge is 0.148 e. The summed E-state index contributed by atoms with van der Waals surface area (Å²) >= 11 is 0. The molecule has 0 spiro atoms. The van der Waals surface area contributed by atoms with E-state index in [0.717, 1.165) is 0 Å². The largest absolute Gasteiger partial charge is 0.355 e. The highest BCUT2D eigenvalue weighted by Gasteiger charge is 2.22. The number of hydrogen-bond donors (Lipinski definition) is 1. The molecule has 1 saturated heterocycles. The Morgan fingerprint density at radius 1 is 1.57 bits per heavy atom. The van der Waals surface area contributed by atoms with E-state index >= 15 is 0 Å². The van der Waals surface area contributed by atoms with Crippen LogP contribution in [0.15, 0.2) is 6.33 Å². The average molecular weight is 197 g/mol. The maximum Gasteiger partial charge on any atom is 0.148 e. The van der Waals surface area contributed by atoms with E-state index < -0.39 is 0 Å². The highest BCUT2D eigenvalue weighted by atomic mass is 16.7. The molecule has 0 aliphatic carbocycles. The van der Waals surface area contributed by atoms with Gasteiger partial charge in [0.2, 0.25) is 0 Å². The van der Waals surface area contributed by atoms with Crippen molar-refractivity contribution in [1.29, 1.82) is 0 Å². The van der Waals surface area contributed by atoms with Crippen molar-refractivity contribution in [1.82, 2.24) is 15.2 Å². The Bertz CT molecular complexity index is 293. The minimum atomic E-state index is -0.172. The number of Topliss-reactive ketones (excluding diaryl/α,β-unsaturated/α-hetero) is 1. The van der Waals surface area contributed by atoms with E-state index in [4.69, 9.17) is 9.47 Å². The summed E-state index contributed by atoms with van der Waals surface area (Å²) in [6.45, 7) is 1.16. The summed E-state index contributed by atoms with van der Waals surface area (Å²) in [5, 5.41) is 6.31. The summed E-state index contributed by atoms with van der Waals surface area (Å²) in [4.78, 5) is 15.5. The molecule has 0 atom stereocenters. The Hall–Kier alpha value is -1.27. The predicted octanol–water partition coefficient (Wildman–Crippen LogP) is -0.463. The third kappa shape index (κ3) is 2.15. The Kier molecular flexibility index (Phi) is 2.85. The van der Waals surface area contributed by atoms with Crippen molar-refractivity contribution in [2.24, 2.45) is 5.92 Å². The molecule has 6 nitrogen and oxygen atoms in total. The summed E-state index contributed by atoms with van der Waals surface area (Å²) < 4.78 is 10.1. The number of nitrogens with one attached hydrogen (secondary N) is 1. The zero-order chi connectivity index (χ0) is 9.80. The molecule has 0 bridgehead atoms. The fourth-order valence-electron chi connectivity index (χ4n) is 1.30. The highest BCUT2D eigenvalue weighted by Crippen LogP contribution is 2.08. The van der Waals surface area contributed by atoms with Crippen molar-refractivity contribution in [2.75, 3.05) is 20.0 Å². The number of aromatic nitrogens is 3. The van der Waals surface area contributed by atoms with Crippen LogP contribution in [0.4, 0.5) is 0 Å². The first kappa shape index (κ1) is 9.29. The molecule has 1 aromatic rings. The predicted molar refractivity (Wildman–Crippen MR) is 45.4 cm³/mol. The van der Waals surface area contributed by atoms with Crippen molar-refractivity contribution < 1.29 is 14.3 Å². The number of carbonyl (C=O) groups is 1. The SMILES string of the molecule is O=C(Cc1ncn[nH]1)C1COCOC1. The summed E-state index contributed by atoms with van der Waals surface area (Å²) in [7, 11) is 0. The number of rotatable bonds is 3. The Balaban J connectivity index is 1.88. The van der Waals surface area contributed by atoms with Crippen LogP contribution in [0.5, 0.6) is 0 Å². The lowest BCUT2D eigenvalue weighted by Crippen LogP contribution is -2.31. The fourth-order valence-corrected chi connectivity index (χ4v) is 1.30. The molecule has 14 heavy (non-hydrogen) atoms. The van der Waals surface area contributed by atoms with Gasteiger partial charge in [-0.25, -0.2) is 4.98 Å². The van der Waals surface area contributed by atoms with E-state index in [1.165, 1.54) is 6.33 Å². The molecule has 1 fully saturated rings. The molecule has 6 heteroatoms. The van der Waals surface area contributed by atoms with Gasteiger partial charge in [-0.2, -0.15) is 5.10 Å². The Morgan fingerprint density at radius 2 is 2.36 bits per heavy atom. The van der Waals surface area contributed by atoms with E-state index in [1.54, 1.807) is 0 Å². The third-order valence-electron chi connectivity index (χ3n) is 2.07. The number of nitrogens with zero attached hydrogens (tertiary/aromatic N) is 2. The molecule has 0 unspecified atom stereocenters. The van der Waals surface area contributed by atoms with Gasteiger partial charge in [-0.15, -0.1) is 0 Å². The van der Waals surface area contributed by atoms with Crippen molar-refractivity contribution in [3.8, 4) is 0 Å². The molecular weight excluding hydrogens is 186 g/mol. The molecule has 1 aromatic heterocycles. The molecule has 0 amide bonds. The second kappa shape index (κ2) is 4.30. The second-order valence-electron chi connectivity index (χ2n) is 3.13. The van der Waals surface area contributed by atoms with Crippen LogP contribution >= 0.6 is 0 Å². The van der Waals surface area contributed by atoms with E-state index in [2.05, 4.69) is 15.2 Å². The number of ether oxygens (including phenoxy) is 2. The molecule has 2 heterocycles. The standard InChI is InChI=1S/C8H11N3O3/c12-7(1-8-9-4-10-11-8)6-2-13-5-14-3-6/h4,6H,1-3,5H2,(H,9,10,11). The molecule has 1 aliphatic heterocycles. The normalized spacial score (nSPS) is 18.3. The van der Waals surface area contributed by atoms with Gasteiger partial charge in [0.15, 0.2) is 0 Å². The van der Waals surface area contributed by atoms with Crippen molar-refractivity contribution in [2.45, 2.75) is 6.42 Å². The van der Waals surface area contributed by atoms with Gasteiger partial charge in [-0.05, 0) is 0 Å². The lowest BCUT2D eigenvalue weighted by Gasteiger charge is -2.20. The summed E-state index contributed by atoms with van der Waals surface area (Å²) in [5.74, 6) is 0.482. The van der Waals surface area contributed by atoms with Crippen molar-refractivity contribution >= 4 is 5.78 Å². The second-order valence-corrected chi connectivity index (χ2v) is 3.13. The number of carbonyl (C=O) groups excluding carboxylic acids is 1. The number of hydrogen-bond acceptors (Lipinski definition) is 5. The van der Waals surface area contributed by atoms with Gasteiger partial charge >= 0.3 is 0 Å².